The number of benzene rings is 1. The predicted octanol–water partition coefficient (Wildman–Crippen LogP) is 3.55. The molecule has 8 heteroatoms. The van der Waals surface area contributed by atoms with Crippen molar-refractivity contribution in [2.24, 2.45) is 0 Å². The van der Waals surface area contributed by atoms with Gasteiger partial charge in [-0.2, -0.15) is 4.98 Å². The summed E-state index contributed by atoms with van der Waals surface area (Å²) in [5, 5.41) is 14.0. The molecular weight excluding hydrogens is 312 g/mol. The van der Waals surface area contributed by atoms with E-state index in [-0.39, 0.29) is 22.5 Å². The van der Waals surface area contributed by atoms with Gasteiger partial charge in [0.2, 0.25) is 11.1 Å². The van der Waals surface area contributed by atoms with E-state index in [1.807, 2.05) is 30.3 Å². The molecule has 2 aromatic rings. The lowest BCUT2D eigenvalue weighted by Gasteiger charge is -2.07. The smallest absolute Gasteiger partial charge is 0.332 e. The fourth-order valence-electron chi connectivity index (χ4n) is 1.73. The Labute approximate surface area is 131 Å². The molecule has 1 N–H and O–H groups in total. The molecule has 0 fully saturated rings. The van der Waals surface area contributed by atoms with Gasteiger partial charge in [-0.1, -0.05) is 18.2 Å². The average Bonchev–Trinajstić information content (AvgIpc) is 2.43. The first-order valence-corrected chi connectivity index (χ1v) is 7.54. The summed E-state index contributed by atoms with van der Waals surface area (Å²) in [6, 6.07) is 9.91. The summed E-state index contributed by atoms with van der Waals surface area (Å²) in [5.41, 5.74) is 0.113. The Kier molecular flexibility index (Phi) is 5.35. The molecule has 0 saturated heterocycles. The van der Waals surface area contributed by atoms with Crippen LogP contribution in [0.1, 0.15) is 5.69 Å². The summed E-state index contributed by atoms with van der Waals surface area (Å²) in [4.78, 5) is 19.4. The molecule has 1 aromatic carbocycles. The zero-order valence-corrected chi connectivity index (χ0v) is 12.8. The number of nitro groups is 1. The van der Waals surface area contributed by atoms with E-state index in [1.165, 1.54) is 6.92 Å². The third-order valence-corrected chi connectivity index (χ3v) is 3.80. The molecule has 6 nitrogen and oxygen atoms in total. The van der Waals surface area contributed by atoms with Crippen molar-refractivity contribution in [3.63, 3.8) is 0 Å². The Morgan fingerprint density at radius 1 is 1.33 bits per heavy atom. The molecule has 0 spiro atoms. The van der Waals surface area contributed by atoms with Crippen molar-refractivity contribution in [2.75, 3.05) is 17.6 Å². The Bertz CT molecular complexity index is 640. The topological polar surface area (TPSA) is 81.0 Å². The first kappa shape index (κ1) is 15.5. The lowest BCUT2D eigenvalue weighted by molar-refractivity contribution is -0.385. The van der Waals surface area contributed by atoms with Crippen LogP contribution in [0.25, 0.3) is 0 Å². The summed E-state index contributed by atoms with van der Waals surface area (Å²) in [7, 11) is 0. The van der Waals surface area contributed by atoms with Crippen LogP contribution in [0.3, 0.4) is 0 Å². The molecule has 0 aliphatic heterocycles. The molecule has 0 aliphatic carbocycles. The van der Waals surface area contributed by atoms with Gasteiger partial charge >= 0.3 is 5.69 Å². The van der Waals surface area contributed by atoms with Crippen LogP contribution in [-0.4, -0.2) is 27.2 Å². The summed E-state index contributed by atoms with van der Waals surface area (Å²) in [5.74, 6) is 0.910. The number of nitrogens with one attached hydrogen (secondary N) is 1. The van der Waals surface area contributed by atoms with Gasteiger partial charge in [-0.15, -0.1) is 11.8 Å². The molecule has 21 heavy (non-hydrogen) atoms. The fraction of sp³-hybridized carbons (Fsp3) is 0.231. The highest BCUT2D eigenvalue weighted by atomic mass is 35.5. The van der Waals surface area contributed by atoms with Crippen molar-refractivity contribution in [2.45, 2.75) is 11.8 Å². The summed E-state index contributed by atoms with van der Waals surface area (Å²) >= 11 is 7.40. The molecule has 0 aliphatic rings. The maximum Gasteiger partial charge on any atom is 0.332 e. The van der Waals surface area contributed by atoms with E-state index in [9.17, 15) is 10.1 Å². The van der Waals surface area contributed by atoms with Crippen LogP contribution in [0.4, 0.5) is 11.5 Å². The predicted molar refractivity (Wildman–Crippen MR) is 84.1 cm³/mol. The number of anilines is 1. The highest BCUT2D eigenvalue weighted by molar-refractivity contribution is 7.99. The molecule has 0 bridgehead atoms. The number of aryl methyl sites for hydroxylation is 1. The lowest BCUT2D eigenvalue weighted by Crippen LogP contribution is -2.10. The number of aromatic nitrogens is 2. The van der Waals surface area contributed by atoms with E-state index >= 15 is 0 Å². The third kappa shape index (κ3) is 4.30. The molecular formula is C13H13ClN4O2S. The Hall–Kier alpha value is -1.86. The van der Waals surface area contributed by atoms with Crippen LogP contribution in [0, 0.1) is 17.0 Å². The zero-order valence-electron chi connectivity index (χ0n) is 11.2. The molecule has 0 unspecified atom stereocenters. The number of rotatable bonds is 6. The van der Waals surface area contributed by atoms with Gasteiger partial charge in [0.25, 0.3) is 0 Å². The Balaban J connectivity index is 1.98. The van der Waals surface area contributed by atoms with E-state index < -0.39 is 4.92 Å². The van der Waals surface area contributed by atoms with Gasteiger partial charge < -0.3 is 5.32 Å². The third-order valence-electron chi connectivity index (χ3n) is 2.62. The summed E-state index contributed by atoms with van der Waals surface area (Å²) in [6.07, 6.45) is 0. The largest absolute Gasteiger partial charge is 0.363 e. The van der Waals surface area contributed by atoms with E-state index in [4.69, 9.17) is 11.6 Å². The lowest BCUT2D eigenvalue weighted by atomic mass is 10.3. The first-order chi connectivity index (χ1) is 10.1. The van der Waals surface area contributed by atoms with Crippen molar-refractivity contribution in [3.8, 4) is 0 Å². The molecule has 2 rings (SSSR count). The van der Waals surface area contributed by atoms with Crippen LogP contribution >= 0.6 is 23.4 Å². The van der Waals surface area contributed by atoms with Crippen LogP contribution in [0.2, 0.25) is 5.28 Å². The standard InChI is InChI=1S/C13H13ClN4O2S/c1-9-11(18(19)20)12(17-13(14)16-9)15-7-8-21-10-5-3-2-4-6-10/h2-6H,7-8H2,1H3,(H,15,16,17). The number of thioether (sulfide) groups is 1. The molecule has 0 amide bonds. The van der Waals surface area contributed by atoms with Gasteiger partial charge in [0, 0.05) is 17.2 Å². The quantitative estimate of drug-likeness (QED) is 0.288. The highest BCUT2D eigenvalue weighted by Gasteiger charge is 2.21. The monoisotopic (exact) mass is 324 g/mol. The second kappa shape index (κ2) is 7.24. The van der Waals surface area contributed by atoms with Gasteiger partial charge in [-0.05, 0) is 30.7 Å². The van der Waals surface area contributed by atoms with Gasteiger partial charge in [-0.25, -0.2) is 4.98 Å². The van der Waals surface area contributed by atoms with Crippen molar-refractivity contribution in [1.29, 1.82) is 0 Å². The molecule has 1 aromatic heterocycles. The average molecular weight is 325 g/mol. The second-order valence-electron chi connectivity index (χ2n) is 4.12. The van der Waals surface area contributed by atoms with Crippen LogP contribution in [0.15, 0.2) is 35.2 Å². The molecule has 0 saturated carbocycles. The molecule has 110 valence electrons. The maximum absolute atomic E-state index is 11.0. The van der Waals surface area contributed by atoms with Crippen molar-refractivity contribution >= 4 is 34.9 Å². The van der Waals surface area contributed by atoms with E-state index in [0.29, 0.717) is 6.54 Å². The van der Waals surface area contributed by atoms with E-state index in [2.05, 4.69) is 15.3 Å². The maximum atomic E-state index is 11.0. The highest BCUT2D eigenvalue weighted by Crippen LogP contribution is 2.26. The molecule has 0 atom stereocenters. The van der Waals surface area contributed by atoms with Crippen molar-refractivity contribution in [3.05, 3.63) is 51.4 Å². The van der Waals surface area contributed by atoms with E-state index in [0.717, 1.165) is 10.6 Å². The fourth-order valence-corrected chi connectivity index (χ4v) is 2.73. The number of hydrogen-bond acceptors (Lipinski definition) is 6. The van der Waals surface area contributed by atoms with Gasteiger partial charge in [0.1, 0.15) is 5.69 Å². The van der Waals surface area contributed by atoms with Gasteiger partial charge in [0.05, 0.1) is 4.92 Å². The van der Waals surface area contributed by atoms with Gasteiger partial charge in [-0.3, -0.25) is 10.1 Å². The Morgan fingerprint density at radius 3 is 2.71 bits per heavy atom. The molecule has 1 heterocycles. The van der Waals surface area contributed by atoms with E-state index in [1.54, 1.807) is 11.8 Å². The molecule has 0 radical (unpaired) electrons. The minimum absolute atomic E-state index is 0.00341. The van der Waals surface area contributed by atoms with Crippen LogP contribution in [0.5, 0.6) is 0 Å². The number of hydrogen-bond donors (Lipinski definition) is 1. The first-order valence-electron chi connectivity index (χ1n) is 6.18. The zero-order chi connectivity index (χ0) is 15.2. The van der Waals surface area contributed by atoms with Crippen molar-refractivity contribution in [1.82, 2.24) is 9.97 Å². The summed E-state index contributed by atoms with van der Waals surface area (Å²) < 4.78 is 0. The normalized spacial score (nSPS) is 10.4. The van der Waals surface area contributed by atoms with Crippen molar-refractivity contribution < 1.29 is 4.92 Å². The van der Waals surface area contributed by atoms with Crippen LogP contribution < -0.4 is 5.32 Å². The summed E-state index contributed by atoms with van der Waals surface area (Å²) in [6.45, 7) is 2.07. The van der Waals surface area contributed by atoms with Gasteiger partial charge in [0.15, 0.2) is 0 Å². The minimum atomic E-state index is -0.502. The second-order valence-corrected chi connectivity index (χ2v) is 5.63. The Morgan fingerprint density at radius 2 is 2.05 bits per heavy atom. The minimum Gasteiger partial charge on any atom is -0.363 e. The SMILES string of the molecule is Cc1nc(Cl)nc(NCCSc2ccccc2)c1[N+](=O)[O-]. The number of nitrogens with zero attached hydrogens (tertiary/aromatic N) is 3. The van der Waals surface area contributed by atoms with Crippen LogP contribution in [-0.2, 0) is 0 Å². The number of halogens is 1.